The highest BCUT2D eigenvalue weighted by Gasteiger charge is 2.00. The van der Waals surface area contributed by atoms with Crippen molar-refractivity contribution < 1.29 is 9.13 Å². The van der Waals surface area contributed by atoms with E-state index in [1.54, 1.807) is 12.1 Å². The summed E-state index contributed by atoms with van der Waals surface area (Å²) in [5, 5.41) is 0. The van der Waals surface area contributed by atoms with E-state index in [4.69, 9.17) is 10.5 Å². The lowest BCUT2D eigenvalue weighted by atomic mass is 10.3. The molecule has 0 radical (unpaired) electrons. The van der Waals surface area contributed by atoms with Gasteiger partial charge in [-0.3, -0.25) is 5.73 Å². The van der Waals surface area contributed by atoms with Crippen LogP contribution in [-0.2, 0) is 0 Å². The first-order valence-corrected chi connectivity index (χ1v) is 3.90. The lowest BCUT2D eigenvalue weighted by Crippen LogP contribution is -2.25. The summed E-state index contributed by atoms with van der Waals surface area (Å²) in [6.45, 7) is 1.92. The van der Waals surface area contributed by atoms with E-state index < -0.39 is 0 Å². The zero-order valence-corrected chi connectivity index (χ0v) is 6.96. The van der Waals surface area contributed by atoms with Crippen molar-refractivity contribution in [3.63, 3.8) is 0 Å². The Morgan fingerprint density at radius 3 is 2.50 bits per heavy atom. The van der Waals surface area contributed by atoms with E-state index in [0.717, 1.165) is 6.42 Å². The molecule has 1 aromatic rings. The Balaban J connectivity index is 2.58. The first-order valence-electron chi connectivity index (χ1n) is 3.90. The van der Waals surface area contributed by atoms with Crippen molar-refractivity contribution in [2.75, 3.05) is 0 Å². The molecule has 66 valence electrons. The quantitative estimate of drug-likeness (QED) is 0.701. The molecule has 1 atom stereocenters. The fourth-order valence-electron chi connectivity index (χ4n) is 0.771. The Labute approximate surface area is 71.1 Å². The van der Waals surface area contributed by atoms with Gasteiger partial charge in [-0.2, -0.15) is 0 Å². The van der Waals surface area contributed by atoms with Gasteiger partial charge in [0.2, 0.25) is 0 Å². The van der Waals surface area contributed by atoms with Gasteiger partial charge >= 0.3 is 0 Å². The van der Waals surface area contributed by atoms with Crippen LogP contribution >= 0.6 is 0 Å². The van der Waals surface area contributed by atoms with Crippen LogP contribution in [0.3, 0.4) is 0 Å². The van der Waals surface area contributed by atoms with Crippen LogP contribution in [0.1, 0.15) is 13.3 Å². The lowest BCUT2D eigenvalue weighted by Gasteiger charge is -2.11. The van der Waals surface area contributed by atoms with Crippen molar-refractivity contribution >= 4 is 0 Å². The molecule has 0 bridgehead atoms. The predicted molar refractivity (Wildman–Crippen MR) is 45.3 cm³/mol. The maximum atomic E-state index is 12.4. The van der Waals surface area contributed by atoms with Gasteiger partial charge in [0.05, 0.1) is 0 Å². The maximum absolute atomic E-state index is 12.4. The molecule has 0 aliphatic rings. The smallest absolute Gasteiger partial charge is 0.147 e. The highest BCUT2D eigenvalue weighted by molar-refractivity contribution is 5.22. The van der Waals surface area contributed by atoms with Crippen molar-refractivity contribution in [1.29, 1.82) is 0 Å². The van der Waals surface area contributed by atoms with Crippen molar-refractivity contribution in [3.8, 4) is 5.75 Å². The number of rotatable bonds is 3. The average Bonchev–Trinajstić information content (AvgIpc) is 2.09. The Morgan fingerprint density at radius 2 is 2.00 bits per heavy atom. The largest absolute Gasteiger partial charge is 0.476 e. The normalized spacial score (nSPS) is 12.6. The SMILES string of the molecule is CC[C@H](N)Oc1ccc(F)cc1. The summed E-state index contributed by atoms with van der Waals surface area (Å²) in [5.41, 5.74) is 5.53. The molecule has 2 nitrogen and oxygen atoms in total. The fourth-order valence-corrected chi connectivity index (χ4v) is 0.771. The molecule has 0 amide bonds. The molecule has 0 fully saturated rings. The summed E-state index contributed by atoms with van der Waals surface area (Å²) in [4.78, 5) is 0. The van der Waals surface area contributed by atoms with Gasteiger partial charge < -0.3 is 4.74 Å². The van der Waals surface area contributed by atoms with E-state index >= 15 is 0 Å². The van der Waals surface area contributed by atoms with E-state index in [2.05, 4.69) is 0 Å². The third kappa shape index (κ3) is 2.51. The summed E-state index contributed by atoms with van der Waals surface area (Å²) in [6.07, 6.45) is 0.424. The molecule has 0 aliphatic heterocycles. The van der Waals surface area contributed by atoms with Crippen molar-refractivity contribution in [1.82, 2.24) is 0 Å². The van der Waals surface area contributed by atoms with Crippen molar-refractivity contribution in [3.05, 3.63) is 30.1 Å². The third-order valence-corrected chi connectivity index (χ3v) is 1.50. The standard InChI is InChI=1S/C9H12FNO/c1-2-9(11)12-8-5-3-7(10)4-6-8/h3-6,9H,2,11H2,1H3/t9-/m1/s1. The molecular formula is C9H12FNO. The van der Waals surface area contributed by atoms with Gasteiger partial charge in [-0.25, -0.2) is 4.39 Å². The summed E-state index contributed by atoms with van der Waals surface area (Å²) < 4.78 is 17.6. The Morgan fingerprint density at radius 1 is 1.42 bits per heavy atom. The molecule has 1 rings (SSSR count). The second-order valence-corrected chi connectivity index (χ2v) is 2.52. The lowest BCUT2D eigenvalue weighted by molar-refractivity contribution is 0.205. The Kier molecular flexibility index (Phi) is 3.05. The minimum atomic E-state index is -0.310. The monoisotopic (exact) mass is 169 g/mol. The minimum absolute atomic E-state index is 0.271. The highest BCUT2D eigenvalue weighted by atomic mass is 19.1. The zero-order valence-electron chi connectivity index (χ0n) is 6.96. The second-order valence-electron chi connectivity index (χ2n) is 2.52. The summed E-state index contributed by atoms with van der Waals surface area (Å²) in [7, 11) is 0. The number of hydrogen-bond acceptors (Lipinski definition) is 2. The van der Waals surface area contributed by atoms with Crippen LogP contribution in [0.2, 0.25) is 0 Å². The first-order chi connectivity index (χ1) is 5.72. The van der Waals surface area contributed by atoms with Crippen LogP contribution in [0.15, 0.2) is 24.3 Å². The topological polar surface area (TPSA) is 35.2 Å². The fraction of sp³-hybridized carbons (Fsp3) is 0.333. The third-order valence-electron chi connectivity index (χ3n) is 1.50. The van der Waals surface area contributed by atoms with E-state index in [0.29, 0.717) is 5.75 Å². The van der Waals surface area contributed by atoms with Crippen LogP contribution in [-0.4, -0.2) is 6.23 Å². The summed E-state index contributed by atoms with van der Waals surface area (Å²) in [6, 6.07) is 5.81. The molecule has 0 unspecified atom stereocenters. The molecule has 0 aromatic heterocycles. The molecule has 0 saturated heterocycles. The Bertz CT molecular complexity index is 235. The molecule has 2 N–H and O–H groups in total. The molecule has 12 heavy (non-hydrogen) atoms. The van der Waals surface area contributed by atoms with E-state index in [1.807, 2.05) is 6.92 Å². The van der Waals surface area contributed by atoms with Gasteiger partial charge in [-0.1, -0.05) is 6.92 Å². The number of halogens is 1. The second kappa shape index (κ2) is 4.07. The van der Waals surface area contributed by atoms with Gasteiger partial charge in [0.15, 0.2) is 0 Å². The van der Waals surface area contributed by atoms with Crippen LogP contribution in [0.25, 0.3) is 0 Å². The number of hydrogen-bond donors (Lipinski definition) is 1. The van der Waals surface area contributed by atoms with Crippen LogP contribution in [0.5, 0.6) is 5.75 Å². The van der Waals surface area contributed by atoms with E-state index in [9.17, 15) is 4.39 Å². The van der Waals surface area contributed by atoms with Gasteiger partial charge in [0, 0.05) is 0 Å². The number of benzene rings is 1. The molecule has 3 heteroatoms. The van der Waals surface area contributed by atoms with E-state index in [-0.39, 0.29) is 12.0 Å². The van der Waals surface area contributed by atoms with Gasteiger partial charge in [0.1, 0.15) is 17.8 Å². The van der Waals surface area contributed by atoms with Crippen molar-refractivity contribution in [2.45, 2.75) is 19.6 Å². The molecule has 0 spiro atoms. The highest BCUT2D eigenvalue weighted by Crippen LogP contribution is 2.12. The molecule has 1 aromatic carbocycles. The zero-order chi connectivity index (χ0) is 8.97. The molecule has 0 saturated carbocycles. The maximum Gasteiger partial charge on any atom is 0.147 e. The van der Waals surface area contributed by atoms with Crippen molar-refractivity contribution in [2.24, 2.45) is 5.73 Å². The minimum Gasteiger partial charge on any atom is -0.476 e. The predicted octanol–water partition coefficient (Wildman–Crippen LogP) is 1.90. The van der Waals surface area contributed by atoms with Gasteiger partial charge in [-0.15, -0.1) is 0 Å². The first kappa shape index (κ1) is 9.00. The van der Waals surface area contributed by atoms with Crippen LogP contribution in [0.4, 0.5) is 4.39 Å². The van der Waals surface area contributed by atoms with Crippen LogP contribution < -0.4 is 10.5 Å². The average molecular weight is 169 g/mol. The van der Waals surface area contributed by atoms with Crippen LogP contribution in [0, 0.1) is 5.82 Å². The summed E-state index contributed by atoms with van der Waals surface area (Å²) >= 11 is 0. The number of nitrogens with two attached hydrogens (primary N) is 1. The number of ether oxygens (including phenoxy) is 1. The molecular weight excluding hydrogens is 157 g/mol. The van der Waals surface area contributed by atoms with Gasteiger partial charge in [-0.05, 0) is 30.7 Å². The molecule has 0 heterocycles. The van der Waals surface area contributed by atoms with Gasteiger partial charge in [0.25, 0.3) is 0 Å². The summed E-state index contributed by atoms with van der Waals surface area (Å²) in [5.74, 6) is 0.332. The molecule has 0 aliphatic carbocycles. The Hall–Kier alpha value is -1.09. The van der Waals surface area contributed by atoms with E-state index in [1.165, 1.54) is 12.1 Å².